The smallest absolute Gasteiger partial charge is 0.263 e. The van der Waals surface area contributed by atoms with Crippen LogP contribution in [0.3, 0.4) is 0 Å². The minimum absolute atomic E-state index is 0.0550. The summed E-state index contributed by atoms with van der Waals surface area (Å²) in [6.07, 6.45) is 1.59. The fourth-order valence-corrected chi connectivity index (χ4v) is 4.14. The summed E-state index contributed by atoms with van der Waals surface area (Å²) in [5, 5.41) is 9.72. The quantitative estimate of drug-likeness (QED) is 0.547. The average Bonchev–Trinajstić information content (AvgIpc) is 3.02. The van der Waals surface area contributed by atoms with Gasteiger partial charge in [-0.15, -0.1) is 11.3 Å². The molecule has 0 saturated carbocycles. The molecule has 4 nitrogen and oxygen atoms in total. The van der Waals surface area contributed by atoms with Gasteiger partial charge in [-0.05, 0) is 30.2 Å². The molecule has 0 atom stereocenters. The Morgan fingerprint density at radius 2 is 1.96 bits per heavy atom. The van der Waals surface area contributed by atoms with E-state index in [0.717, 1.165) is 26.4 Å². The van der Waals surface area contributed by atoms with Gasteiger partial charge in [0.1, 0.15) is 4.83 Å². The Morgan fingerprint density at radius 3 is 2.73 bits per heavy atom. The highest BCUT2D eigenvalue weighted by molar-refractivity contribution is 7.19. The Balaban J connectivity index is 1.87. The number of aromatic nitrogens is 2. The highest BCUT2D eigenvalue weighted by Gasteiger charge is 2.16. The van der Waals surface area contributed by atoms with Gasteiger partial charge in [0, 0.05) is 10.4 Å². The second-order valence-electron chi connectivity index (χ2n) is 6.07. The van der Waals surface area contributed by atoms with Crippen molar-refractivity contribution in [2.75, 3.05) is 0 Å². The summed E-state index contributed by atoms with van der Waals surface area (Å²) in [5.74, 6) is 0. The van der Waals surface area contributed by atoms with E-state index >= 15 is 0 Å². The van der Waals surface area contributed by atoms with Crippen molar-refractivity contribution in [3.05, 3.63) is 87.3 Å². The number of hydrogen-bond donors (Lipinski definition) is 0. The summed E-state index contributed by atoms with van der Waals surface area (Å²) in [5.41, 5.74) is 3.42. The molecule has 126 valence electrons. The second-order valence-corrected chi connectivity index (χ2v) is 7.27. The predicted molar refractivity (Wildman–Crippen MR) is 104 cm³/mol. The molecule has 4 aromatic rings. The summed E-state index contributed by atoms with van der Waals surface area (Å²) < 4.78 is 1.61. The molecule has 2 aromatic heterocycles. The van der Waals surface area contributed by atoms with Crippen LogP contribution in [0.2, 0.25) is 0 Å². The number of aryl methyl sites for hydroxylation is 1. The zero-order valence-electron chi connectivity index (χ0n) is 14.1. The van der Waals surface area contributed by atoms with Gasteiger partial charge in [-0.3, -0.25) is 9.36 Å². The number of nitriles is 1. The Kier molecular flexibility index (Phi) is 4.11. The molecular weight excluding hydrogens is 342 g/mol. The average molecular weight is 357 g/mol. The van der Waals surface area contributed by atoms with Gasteiger partial charge in [-0.25, -0.2) is 4.98 Å². The monoisotopic (exact) mass is 357 g/mol. The van der Waals surface area contributed by atoms with Crippen LogP contribution < -0.4 is 5.56 Å². The van der Waals surface area contributed by atoms with Gasteiger partial charge in [-0.1, -0.05) is 42.5 Å². The van der Waals surface area contributed by atoms with Gasteiger partial charge in [0.25, 0.3) is 5.56 Å². The third kappa shape index (κ3) is 2.81. The zero-order chi connectivity index (χ0) is 18.1. The molecule has 0 N–H and O–H groups in total. The minimum Gasteiger partial charge on any atom is -0.294 e. The first-order chi connectivity index (χ1) is 12.7. The van der Waals surface area contributed by atoms with Crippen LogP contribution in [0.1, 0.15) is 16.0 Å². The van der Waals surface area contributed by atoms with Crippen molar-refractivity contribution in [3.8, 4) is 17.2 Å². The molecule has 0 bridgehead atoms. The maximum absolute atomic E-state index is 13.2. The summed E-state index contributed by atoms with van der Waals surface area (Å²) in [4.78, 5) is 19.5. The highest BCUT2D eigenvalue weighted by Crippen LogP contribution is 2.35. The number of benzene rings is 2. The van der Waals surface area contributed by atoms with E-state index in [1.807, 2.05) is 49.4 Å². The Bertz CT molecular complexity index is 1200. The van der Waals surface area contributed by atoms with E-state index in [0.29, 0.717) is 17.5 Å². The van der Waals surface area contributed by atoms with Crippen LogP contribution in [0, 0.1) is 18.3 Å². The van der Waals surface area contributed by atoms with E-state index in [-0.39, 0.29) is 5.56 Å². The molecule has 0 spiro atoms. The maximum atomic E-state index is 13.2. The van der Waals surface area contributed by atoms with Crippen molar-refractivity contribution in [2.24, 2.45) is 0 Å². The van der Waals surface area contributed by atoms with E-state index < -0.39 is 0 Å². The molecule has 0 unspecified atom stereocenters. The van der Waals surface area contributed by atoms with E-state index in [1.54, 1.807) is 34.4 Å². The molecule has 0 aliphatic rings. The van der Waals surface area contributed by atoms with Crippen LogP contribution in [0.15, 0.2) is 65.7 Å². The Morgan fingerprint density at radius 1 is 1.15 bits per heavy atom. The third-order valence-electron chi connectivity index (χ3n) is 4.33. The molecule has 4 rings (SSSR count). The minimum atomic E-state index is -0.0550. The Hall–Kier alpha value is -3.23. The van der Waals surface area contributed by atoms with E-state index in [4.69, 9.17) is 5.26 Å². The van der Waals surface area contributed by atoms with Crippen LogP contribution >= 0.6 is 11.3 Å². The SMILES string of the molecule is Cc1sc2ncn(Cc3cccc(C#N)c3)c(=O)c2c1-c1ccccc1. The fraction of sp³-hybridized carbons (Fsp3) is 0.0952. The highest BCUT2D eigenvalue weighted by atomic mass is 32.1. The van der Waals surface area contributed by atoms with Gasteiger partial charge in [0.15, 0.2) is 0 Å². The first kappa shape index (κ1) is 16.2. The largest absolute Gasteiger partial charge is 0.294 e. The molecule has 0 radical (unpaired) electrons. The number of thiophene rings is 1. The van der Waals surface area contributed by atoms with Gasteiger partial charge in [0.05, 0.1) is 29.9 Å². The van der Waals surface area contributed by atoms with Crippen LogP contribution in [0.5, 0.6) is 0 Å². The molecule has 0 aliphatic heterocycles. The van der Waals surface area contributed by atoms with Crippen LogP contribution in [-0.4, -0.2) is 9.55 Å². The number of hydrogen-bond acceptors (Lipinski definition) is 4. The summed E-state index contributed by atoms with van der Waals surface area (Å²) in [7, 11) is 0. The second kappa shape index (κ2) is 6.58. The molecule has 26 heavy (non-hydrogen) atoms. The first-order valence-electron chi connectivity index (χ1n) is 8.20. The maximum Gasteiger partial charge on any atom is 0.263 e. The van der Waals surface area contributed by atoms with Gasteiger partial charge in [0.2, 0.25) is 0 Å². The standard InChI is InChI=1S/C21H15N3OS/c1-14-18(17-8-3-2-4-9-17)19-20(26-14)23-13-24(21(19)25)12-16-7-5-6-15(10-16)11-22/h2-10,13H,12H2,1H3. The third-order valence-corrected chi connectivity index (χ3v) is 5.34. The van der Waals surface area contributed by atoms with Gasteiger partial charge in [-0.2, -0.15) is 5.26 Å². The first-order valence-corrected chi connectivity index (χ1v) is 9.02. The number of fused-ring (bicyclic) bond motifs is 1. The van der Waals surface area contributed by atoms with Crippen LogP contribution in [0.4, 0.5) is 0 Å². The lowest BCUT2D eigenvalue weighted by Crippen LogP contribution is -2.21. The molecule has 0 fully saturated rings. The molecule has 2 aromatic carbocycles. The zero-order valence-corrected chi connectivity index (χ0v) is 15.0. The topological polar surface area (TPSA) is 58.7 Å². The van der Waals surface area contributed by atoms with Crippen molar-refractivity contribution < 1.29 is 0 Å². The normalized spacial score (nSPS) is 10.8. The molecule has 0 saturated heterocycles. The molecule has 0 aliphatic carbocycles. The van der Waals surface area contributed by atoms with Crippen molar-refractivity contribution in [1.29, 1.82) is 5.26 Å². The molecule has 0 amide bonds. The lowest BCUT2D eigenvalue weighted by atomic mass is 10.0. The number of rotatable bonds is 3. The van der Waals surface area contributed by atoms with Gasteiger partial charge < -0.3 is 0 Å². The molecular formula is C21H15N3OS. The van der Waals surface area contributed by atoms with Gasteiger partial charge >= 0.3 is 0 Å². The van der Waals surface area contributed by atoms with E-state index in [1.165, 1.54) is 0 Å². The van der Waals surface area contributed by atoms with Crippen molar-refractivity contribution >= 4 is 21.6 Å². The van der Waals surface area contributed by atoms with Crippen LogP contribution in [-0.2, 0) is 6.54 Å². The predicted octanol–water partition coefficient (Wildman–Crippen LogP) is 4.35. The van der Waals surface area contributed by atoms with E-state index in [2.05, 4.69) is 11.1 Å². The Labute approximate surface area is 154 Å². The molecule has 5 heteroatoms. The summed E-state index contributed by atoms with van der Waals surface area (Å²) >= 11 is 1.54. The van der Waals surface area contributed by atoms with Crippen molar-refractivity contribution in [1.82, 2.24) is 9.55 Å². The summed E-state index contributed by atoms with van der Waals surface area (Å²) in [6, 6.07) is 19.4. The number of nitrogens with zero attached hydrogens (tertiary/aromatic N) is 3. The van der Waals surface area contributed by atoms with Crippen molar-refractivity contribution in [3.63, 3.8) is 0 Å². The summed E-state index contributed by atoms with van der Waals surface area (Å²) in [6.45, 7) is 2.41. The van der Waals surface area contributed by atoms with Crippen molar-refractivity contribution in [2.45, 2.75) is 13.5 Å². The van der Waals surface area contributed by atoms with E-state index in [9.17, 15) is 4.79 Å². The lowest BCUT2D eigenvalue weighted by molar-refractivity contribution is 0.749. The lowest BCUT2D eigenvalue weighted by Gasteiger charge is -2.07. The van der Waals surface area contributed by atoms with Crippen LogP contribution in [0.25, 0.3) is 21.3 Å². The fourth-order valence-electron chi connectivity index (χ4n) is 3.14. The molecule has 2 heterocycles.